The number of hydrogen-bond acceptors (Lipinski definition) is 3. The number of non-ortho nitro benzene ring substituents is 1. The highest BCUT2D eigenvalue weighted by Crippen LogP contribution is 2.44. The highest BCUT2D eigenvalue weighted by Gasteiger charge is 2.41. The Morgan fingerprint density at radius 1 is 0.703 bits per heavy atom. The van der Waals surface area contributed by atoms with Gasteiger partial charge in [0.25, 0.3) is 5.69 Å². The SMILES string of the molecule is O=[N+]([O-])c1ccc2c(c1)c(-c1[c]cccc1)nn2C(c1ccccc1)(c1ccccc1)c1ccccc1. The lowest BCUT2D eigenvalue weighted by Crippen LogP contribution is -2.38. The molecule has 0 aliphatic heterocycles. The first kappa shape index (κ1) is 22.4. The van der Waals surface area contributed by atoms with Crippen LogP contribution in [0.15, 0.2) is 133 Å². The number of fused-ring (bicyclic) bond motifs is 1. The Morgan fingerprint density at radius 2 is 1.24 bits per heavy atom. The van der Waals surface area contributed by atoms with Crippen LogP contribution >= 0.6 is 0 Å². The number of aromatic nitrogens is 2. The fourth-order valence-corrected chi connectivity index (χ4v) is 5.12. The maximum atomic E-state index is 11.7. The van der Waals surface area contributed by atoms with Gasteiger partial charge in [-0.05, 0) is 28.8 Å². The Kier molecular flexibility index (Phi) is 5.58. The number of nitro groups is 1. The maximum Gasteiger partial charge on any atom is 0.270 e. The summed E-state index contributed by atoms with van der Waals surface area (Å²) in [5.41, 5.74) is 4.46. The highest BCUT2D eigenvalue weighted by molar-refractivity contribution is 5.95. The van der Waals surface area contributed by atoms with Crippen molar-refractivity contribution in [1.82, 2.24) is 9.78 Å². The van der Waals surface area contributed by atoms with Crippen LogP contribution in [0, 0.1) is 16.2 Å². The first-order valence-electron chi connectivity index (χ1n) is 12.0. The molecule has 1 heterocycles. The topological polar surface area (TPSA) is 61.0 Å². The summed E-state index contributed by atoms with van der Waals surface area (Å²) in [5.74, 6) is 0. The molecule has 37 heavy (non-hydrogen) atoms. The van der Waals surface area contributed by atoms with Gasteiger partial charge >= 0.3 is 0 Å². The molecule has 0 unspecified atom stereocenters. The summed E-state index contributed by atoms with van der Waals surface area (Å²) >= 11 is 0. The van der Waals surface area contributed by atoms with Gasteiger partial charge in [0.2, 0.25) is 0 Å². The van der Waals surface area contributed by atoms with E-state index in [9.17, 15) is 10.1 Å². The van der Waals surface area contributed by atoms with Crippen LogP contribution in [-0.4, -0.2) is 14.7 Å². The van der Waals surface area contributed by atoms with Gasteiger partial charge in [-0.1, -0.05) is 115 Å². The van der Waals surface area contributed by atoms with Gasteiger partial charge in [-0.25, -0.2) is 4.68 Å². The predicted octanol–water partition coefficient (Wildman–Crippen LogP) is 7.25. The van der Waals surface area contributed by atoms with E-state index in [1.165, 1.54) is 0 Å². The van der Waals surface area contributed by atoms with E-state index in [1.54, 1.807) is 18.2 Å². The van der Waals surface area contributed by atoms with Crippen molar-refractivity contribution < 1.29 is 4.92 Å². The summed E-state index contributed by atoms with van der Waals surface area (Å²) in [5, 5.41) is 17.7. The number of nitro benzene ring substituents is 1. The van der Waals surface area contributed by atoms with E-state index in [-0.39, 0.29) is 10.6 Å². The van der Waals surface area contributed by atoms with Crippen molar-refractivity contribution in [2.75, 3.05) is 0 Å². The van der Waals surface area contributed by atoms with E-state index in [0.29, 0.717) is 11.1 Å². The molecule has 0 N–H and O–H groups in total. The van der Waals surface area contributed by atoms with Gasteiger partial charge < -0.3 is 0 Å². The van der Waals surface area contributed by atoms with E-state index in [4.69, 9.17) is 5.10 Å². The largest absolute Gasteiger partial charge is 0.270 e. The summed E-state index contributed by atoms with van der Waals surface area (Å²) in [6.07, 6.45) is 0. The van der Waals surface area contributed by atoms with Crippen LogP contribution in [0.1, 0.15) is 16.7 Å². The van der Waals surface area contributed by atoms with Crippen molar-refractivity contribution in [2.24, 2.45) is 0 Å². The van der Waals surface area contributed by atoms with E-state index >= 15 is 0 Å². The van der Waals surface area contributed by atoms with Gasteiger partial charge in [-0.2, -0.15) is 5.10 Å². The van der Waals surface area contributed by atoms with Crippen LogP contribution < -0.4 is 0 Å². The molecular weight excluding hydrogens is 458 g/mol. The van der Waals surface area contributed by atoms with Gasteiger partial charge in [-0.15, -0.1) is 0 Å². The van der Waals surface area contributed by atoms with Crippen LogP contribution in [0.25, 0.3) is 22.2 Å². The Morgan fingerprint density at radius 3 is 1.73 bits per heavy atom. The second kappa shape index (κ2) is 9.21. The molecule has 6 aromatic rings. The molecule has 177 valence electrons. The normalized spacial score (nSPS) is 11.5. The highest BCUT2D eigenvalue weighted by atomic mass is 16.6. The molecule has 0 aliphatic carbocycles. The Hall–Kier alpha value is -5.03. The molecule has 0 atom stereocenters. The van der Waals surface area contributed by atoms with Gasteiger partial charge in [0.15, 0.2) is 0 Å². The molecule has 0 amide bonds. The lowest BCUT2D eigenvalue weighted by atomic mass is 9.77. The number of benzene rings is 5. The molecule has 0 saturated heterocycles. The van der Waals surface area contributed by atoms with Gasteiger partial charge in [0, 0.05) is 23.1 Å². The quantitative estimate of drug-likeness (QED) is 0.143. The summed E-state index contributed by atoms with van der Waals surface area (Å²) < 4.78 is 2.02. The summed E-state index contributed by atoms with van der Waals surface area (Å²) in [7, 11) is 0. The van der Waals surface area contributed by atoms with Gasteiger partial charge in [0.05, 0.1) is 10.4 Å². The molecule has 5 aromatic carbocycles. The van der Waals surface area contributed by atoms with E-state index in [0.717, 1.165) is 27.8 Å². The van der Waals surface area contributed by atoms with Gasteiger partial charge in [0.1, 0.15) is 11.2 Å². The number of nitrogens with zero attached hydrogens (tertiary/aromatic N) is 3. The third-order valence-corrected chi connectivity index (χ3v) is 6.73. The average molecular weight is 481 g/mol. The van der Waals surface area contributed by atoms with Crippen molar-refractivity contribution >= 4 is 16.6 Å². The second-order valence-corrected chi connectivity index (χ2v) is 8.80. The first-order chi connectivity index (χ1) is 18.2. The molecule has 0 spiro atoms. The average Bonchev–Trinajstić information content (AvgIpc) is 3.35. The van der Waals surface area contributed by atoms with Crippen molar-refractivity contribution in [3.8, 4) is 11.3 Å². The Balaban J connectivity index is 1.80. The molecule has 1 aromatic heterocycles. The molecule has 0 fully saturated rings. The molecule has 5 heteroatoms. The zero-order valence-electron chi connectivity index (χ0n) is 19.9. The lowest BCUT2D eigenvalue weighted by Gasteiger charge is -2.37. The number of rotatable bonds is 6. The van der Waals surface area contributed by atoms with E-state index in [1.807, 2.05) is 83.5 Å². The van der Waals surface area contributed by atoms with Crippen molar-refractivity contribution in [2.45, 2.75) is 5.54 Å². The predicted molar refractivity (Wildman–Crippen MR) is 145 cm³/mol. The molecule has 1 radical (unpaired) electrons. The van der Waals surface area contributed by atoms with Crippen LogP contribution in [0.5, 0.6) is 0 Å². The third kappa shape index (κ3) is 3.69. The van der Waals surface area contributed by atoms with Crippen LogP contribution in [-0.2, 0) is 5.54 Å². The van der Waals surface area contributed by atoms with Crippen molar-refractivity contribution in [3.05, 3.63) is 166 Å². The molecule has 0 bridgehead atoms. The molecule has 0 saturated carbocycles. The third-order valence-electron chi connectivity index (χ3n) is 6.73. The minimum atomic E-state index is -0.842. The molecular formula is C32H22N3O2. The minimum absolute atomic E-state index is 0.0222. The van der Waals surface area contributed by atoms with Crippen LogP contribution in [0.4, 0.5) is 5.69 Å². The monoisotopic (exact) mass is 480 g/mol. The Bertz CT molecular complexity index is 1580. The summed E-state index contributed by atoms with van der Waals surface area (Å²) in [6.45, 7) is 0. The van der Waals surface area contributed by atoms with E-state index < -0.39 is 5.54 Å². The van der Waals surface area contributed by atoms with Gasteiger partial charge in [-0.3, -0.25) is 10.1 Å². The molecule has 5 nitrogen and oxygen atoms in total. The van der Waals surface area contributed by atoms with Crippen molar-refractivity contribution in [3.63, 3.8) is 0 Å². The zero-order valence-corrected chi connectivity index (χ0v) is 19.9. The fraction of sp³-hybridized carbons (Fsp3) is 0.0312. The van der Waals surface area contributed by atoms with Crippen LogP contribution in [0.2, 0.25) is 0 Å². The minimum Gasteiger partial charge on any atom is -0.258 e. The second-order valence-electron chi connectivity index (χ2n) is 8.80. The smallest absolute Gasteiger partial charge is 0.258 e. The maximum absolute atomic E-state index is 11.7. The standard InChI is InChI=1S/C32H22N3O2/c36-35(37)28-21-22-30-29(23-28)31(24-13-5-1-6-14-24)33-34(30)32(25-15-7-2-8-16-25,26-17-9-3-10-18-26)27-19-11-4-12-20-27/h1-13,15-23H. The van der Waals surface area contributed by atoms with Crippen molar-refractivity contribution in [1.29, 1.82) is 0 Å². The molecule has 0 aliphatic rings. The van der Waals surface area contributed by atoms with Crippen LogP contribution in [0.3, 0.4) is 0 Å². The first-order valence-corrected chi connectivity index (χ1v) is 12.0. The zero-order chi connectivity index (χ0) is 25.2. The molecule has 6 rings (SSSR count). The Labute approximate surface area is 214 Å². The number of hydrogen-bond donors (Lipinski definition) is 0. The summed E-state index contributed by atoms with van der Waals surface area (Å²) in [6, 6.07) is 46.6. The van der Waals surface area contributed by atoms with E-state index in [2.05, 4.69) is 42.5 Å². The fourth-order valence-electron chi connectivity index (χ4n) is 5.12. The summed E-state index contributed by atoms with van der Waals surface area (Å²) in [4.78, 5) is 11.4. The lowest BCUT2D eigenvalue weighted by molar-refractivity contribution is -0.384.